The van der Waals surface area contributed by atoms with Gasteiger partial charge in [0.1, 0.15) is 0 Å². The Hall–Kier alpha value is -0.580. The van der Waals surface area contributed by atoms with Crippen LogP contribution in [0.25, 0.3) is 0 Å². The molecule has 110 valence electrons. The van der Waals surface area contributed by atoms with Crippen LogP contribution in [-0.2, 0) is 6.54 Å². The first-order chi connectivity index (χ1) is 9.63. The van der Waals surface area contributed by atoms with E-state index in [0.29, 0.717) is 5.92 Å². The lowest BCUT2D eigenvalue weighted by molar-refractivity contribution is 0.103. The Morgan fingerprint density at radius 3 is 2.85 bits per heavy atom. The van der Waals surface area contributed by atoms with Gasteiger partial charge in [-0.2, -0.15) is 0 Å². The van der Waals surface area contributed by atoms with E-state index >= 15 is 0 Å². The molecule has 0 amide bonds. The number of β-amino-alcohol motifs (C(OH)–C–C–N with tert-alkyl or cyclic N) is 1. The molecule has 1 aliphatic heterocycles. The van der Waals surface area contributed by atoms with Crippen molar-refractivity contribution in [2.45, 2.75) is 44.9 Å². The van der Waals surface area contributed by atoms with E-state index in [2.05, 4.69) is 51.3 Å². The van der Waals surface area contributed by atoms with E-state index in [-0.39, 0.29) is 6.10 Å². The van der Waals surface area contributed by atoms with Crippen LogP contribution in [0.2, 0.25) is 0 Å². The van der Waals surface area contributed by atoms with Crippen molar-refractivity contribution in [2.75, 3.05) is 18.0 Å². The summed E-state index contributed by atoms with van der Waals surface area (Å²) in [6.45, 7) is 4.84. The lowest BCUT2D eigenvalue weighted by Crippen LogP contribution is -2.43. The molecule has 1 aromatic rings. The Kier molecular flexibility index (Phi) is 4.34. The molecule has 3 nitrogen and oxygen atoms in total. The van der Waals surface area contributed by atoms with Crippen molar-refractivity contribution in [3.63, 3.8) is 0 Å². The van der Waals surface area contributed by atoms with Crippen LogP contribution in [0.5, 0.6) is 0 Å². The van der Waals surface area contributed by atoms with E-state index in [1.807, 2.05) is 0 Å². The fourth-order valence-corrected chi connectivity index (χ4v) is 3.14. The summed E-state index contributed by atoms with van der Waals surface area (Å²) in [5, 5.41) is 13.7. The molecule has 4 heteroatoms. The third-order valence-corrected chi connectivity index (χ3v) is 4.96. The van der Waals surface area contributed by atoms with Crippen LogP contribution in [-0.4, -0.2) is 30.3 Å². The largest absolute Gasteiger partial charge is 0.391 e. The van der Waals surface area contributed by atoms with Gasteiger partial charge in [0.05, 0.1) is 6.10 Å². The van der Waals surface area contributed by atoms with Gasteiger partial charge in [-0.05, 0) is 42.9 Å². The van der Waals surface area contributed by atoms with Gasteiger partial charge in [-0.25, -0.2) is 0 Å². The van der Waals surface area contributed by atoms with Gasteiger partial charge in [-0.3, -0.25) is 0 Å². The maximum atomic E-state index is 10.1. The molecular formula is C16H23BrN2O. The highest BCUT2D eigenvalue weighted by Crippen LogP contribution is 2.30. The Balaban J connectivity index is 1.77. The highest BCUT2D eigenvalue weighted by atomic mass is 79.9. The topological polar surface area (TPSA) is 35.5 Å². The Morgan fingerprint density at radius 1 is 1.35 bits per heavy atom. The van der Waals surface area contributed by atoms with Crippen molar-refractivity contribution in [1.29, 1.82) is 0 Å². The van der Waals surface area contributed by atoms with Crippen molar-refractivity contribution >= 4 is 21.6 Å². The molecule has 0 aromatic heterocycles. The van der Waals surface area contributed by atoms with Crippen LogP contribution in [0.3, 0.4) is 0 Å². The second-order valence-corrected chi connectivity index (χ2v) is 7.12. The number of nitrogens with one attached hydrogen (secondary N) is 1. The molecule has 20 heavy (non-hydrogen) atoms. The Labute approximate surface area is 129 Å². The predicted octanol–water partition coefficient (Wildman–Crippen LogP) is 2.91. The average molecular weight is 339 g/mol. The third-order valence-electron chi connectivity index (χ3n) is 4.47. The predicted molar refractivity (Wildman–Crippen MR) is 86.0 cm³/mol. The first kappa shape index (κ1) is 14.4. The summed E-state index contributed by atoms with van der Waals surface area (Å²) >= 11 is 3.57. The number of rotatable bonds is 4. The standard InChI is InChI=1S/C16H23BrN2O/c1-11-6-7-19(10-16(11)20)15-8-13(17)3-2-12(15)9-18-14-4-5-14/h2-3,8,11,14,16,18,20H,4-7,9-10H2,1H3. The molecule has 0 spiro atoms. The monoisotopic (exact) mass is 338 g/mol. The second kappa shape index (κ2) is 6.04. The maximum absolute atomic E-state index is 10.1. The summed E-state index contributed by atoms with van der Waals surface area (Å²) in [4.78, 5) is 2.33. The van der Waals surface area contributed by atoms with E-state index in [9.17, 15) is 5.11 Å². The van der Waals surface area contributed by atoms with Crippen molar-refractivity contribution in [3.05, 3.63) is 28.2 Å². The molecule has 1 heterocycles. The number of halogens is 1. The van der Waals surface area contributed by atoms with Gasteiger partial charge < -0.3 is 15.3 Å². The van der Waals surface area contributed by atoms with Crippen LogP contribution in [0, 0.1) is 5.92 Å². The van der Waals surface area contributed by atoms with E-state index in [1.165, 1.54) is 24.1 Å². The summed E-state index contributed by atoms with van der Waals surface area (Å²) in [6, 6.07) is 7.21. The molecule has 2 N–H and O–H groups in total. The molecule has 2 atom stereocenters. The van der Waals surface area contributed by atoms with Crippen molar-refractivity contribution in [1.82, 2.24) is 5.32 Å². The molecule has 1 aliphatic carbocycles. The van der Waals surface area contributed by atoms with E-state index in [4.69, 9.17) is 0 Å². The van der Waals surface area contributed by atoms with Crippen molar-refractivity contribution < 1.29 is 5.11 Å². The van der Waals surface area contributed by atoms with Gasteiger partial charge in [0, 0.05) is 35.8 Å². The quantitative estimate of drug-likeness (QED) is 0.885. The minimum Gasteiger partial charge on any atom is -0.391 e. The summed E-state index contributed by atoms with van der Waals surface area (Å²) < 4.78 is 1.11. The highest BCUT2D eigenvalue weighted by molar-refractivity contribution is 9.10. The van der Waals surface area contributed by atoms with Crippen molar-refractivity contribution in [3.8, 4) is 0 Å². The number of benzene rings is 1. The molecule has 0 radical (unpaired) electrons. The highest BCUT2D eigenvalue weighted by Gasteiger charge is 2.26. The smallest absolute Gasteiger partial charge is 0.0741 e. The first-order valence-electron chi connectivity index (χ1n) is 7.58. The van der Waals surface area contributed by atoms with Gasteiger partial charge in [0.25, 0.3) is 0 Å². The zero-order valence-electron chi connectivity index (χ0n) is 12.0. The number of anilines is 1. The van der Waals surface area contributed by atoms with Crippen LogP contribution in [0.15, 0.2) is 22.7 Å². The number of hydrogen-bond acceptors (Lipinski definition) is 3. The fourth-order valence-electron chi connectivity index (χ4n) is 2.79. The Morgan fingerprint density at radius 2 is 2.15 bits per heavy atom. The third kappa shape index (κ3) is 3.35. The minimum absolute atomic E-state index is 0.216. The second-order valence-electron chi connectivity index (χ2n) is 6.21. The SMILES string of the molecule is CC1CCN(c2cc(Br)ccc2CNC2CC2)CC1O. The number of piperidine rings is 1. The summed E-state index contributed by atoms with van der Waals surface area (Å²) in [6.07, 6.45) is 3.47. The zero-order chi connectivity index (χ0) is 14.1. The molecule has 2 fully saturated rings. The minimum atomic E-state index is -0.216. The van der Waals surface area contributed by atoms with Gasteiger partial charge in [-0.1, -0.05) is 28.9 Å². The van der Waals surface area contributed by atoms with Crippen LogP contribution in [0.4, 0.5) is 5.69 Å². The fraction of sp³-hybridized carbons (Fsp3) is 0.625. The van der Waals surface area contributed by atoms with E-state index < -0.39 is 0 Å². The average Bonchev–Trinajstić information content (AvgIpc) is 3.24. The number of hydrogen-bond donors (Lipinski definition) is 2. The zero-order valence-corrected chi connectivity index (χ0v) is 13.6. The van der Waals surface area contributed by atoms with Gasteiger partial charge in [-0.15, -0.1) is 0 Å². The lowest BCUT2D eigenvalue weighted by Gasteiger charge is -2.37. The molecule has 2 unspecified atom stereocenters. The van der Waals surface area contributed by atoms with Crippen LogP contribution < -0.4 is 10.2 Å². The van der Waals surface area contributed by atoms with E-state index in [1.54, 1.807) is 0 Å². The van der Waals surface area contributed by atoms with Gasteiger partial charge in [0.15, 0.2) is 0 Å². The number of aliphatic hydroxyl groups is 1. The molecule has 0 bridgehead atoms. The maximum Gasteiger partial charge on any atom is 0.0741 e. The Bertz CT molecular complexity index is 476. The summed E-state index contributed by atoms with van der Waals surface area (Å²) in [5.41, 5.74) is 2.60. The molecular weight excluding hydrogens is 316 g/mol. The van der Waals surface area contributed by atoms with Gasteiger partial charge in [0.2, 0.25) is 0 Å². The van der Waals surface area contributed by atoms with Crippen molar-refractivity contribution in [2.24, 2.45) is 5.92 Å². The number of aliphatic hydroxyl groups excluding tert-OH is 1. The molecule has 1 saturated carbocycles. The molecule has 3 rings (SSSR count). The van der Waals surface area contributed by atoms with Gasteiger partial charge >= 0.3 is 0 Å². The summed E-state index contributed by atoms with van der Waals surface area (Å²) in [5.74, 6) is 0.409. The lowest BCUT2D eigenvalue weighted by atomic mass is 9.95. The summed E-state index contributed by atoms with van der Waals surface area (Å²) in [7, 11) is 0. The first-order valence-corrected chi connectivity index (χ1v) is 8.37. The molecule has 1 saturated heterocycles. The molecule has 2 aliphatic rings. The molecule has 1 aromatic carbocycles. The van der Waals surface area contributed by atoms with Crippen LogP contribution >= 0.6 is 15.9 Å². The van der Waals surface area contributed by atoms with Crippen LogP contribution in [0.1, 0.15) is 31.7 Å². The number of nitrogens with zero attached hydrogens (tertiary/aromatic N) is 1. The van der Waals surface area contributed by atoms with E-state index in [0.717, 1.165) is 36.6 Å². The normalized spacial score (nSPS) is 26.9.